The van der Waals surface area contributed by atoms with Gasteiger partial charge in [-0.2, -0.15) is 0 Å². The molecule has 0 aliphatic rings. The Morgan fingerprint density at radius 3 is 1.94 bits per heavy atom. The van der Waals surface area contributed by atoms with Crippen molar-refractivity contribution in [2.45, 2.75) is 13.3 Å². The highest BCUT2D eigenvalue weighted by atomic mass is 79.9. The van der Waals surface area contributed by atoms with E-state index in [-0.39, 0.29) is 0 Å². The van der Waals surface area contributed by atoms with Gasteiger partial charge in [0.1, 0.15) is 12.4 Å². The SMILES string of the molecule is CCCN.NCCOc1cc(Br)cc(Br)c1. The first-order valence-electron chi connectivity index (χ1n) is 5.13. The second kappa shape index (κ2) is 10.1. The minimum Gasteiger partial charge on any atom is -0.492 e. The van der Waals surface area contributed by atoms with Gasteiger partial charge in [-0.05, 0) is 31.2 Å². The Kier molecular flexibility index (Phi) is 10.0. The number of benzene rings is 1. The molecule has 0 fully saturated rings. The number of rotatable bonds is 4. The lowest BCUT2D eigenvalue weighted by Gasteiger charge is -2.04. The van der Waals surface area contributed by atoms with Crippen molar-refractivity contribution in [2.75, 3.05) is 19.7 Å². The van der Waals surface area contributed by atoms with Crippen molar-refractivity contribution in [3.63, 3.8) is 0 Å². The number of halogens is 2. The maximum absolute atomic E-state index is 5.33. The molecular weight excluding hydrogens is 336 g/mol. The van der Waals surface area contributed by atoms with Crippen LogP contribution in [0.3, 0.4) is 0 Å². The fourth-order valence-electron chi connectivity index (χ4n) is 0.789. The van der Waals surface area contributed by atoms with E-state index in [9.17, 15) is 0 Å². The van der Waals surface area contributed by atoms with Gasteiger partial charge >= 0.3 is 0 Å². The monoisotopic (exact) mass is 352 g/mol. The van der Waals surface area contributed by atoms with E-state index in [1.54, 1.807) is 0 Å². The summed E-state index contributed by atoms with van der Waals surface area (Å²) in [6.07, 6.45) is 1.10. The molecule has 1 aromatic rings. The molecule has 0 aliphatic heterocycles. The molecule has 4 N–H and O–H groups in total. The Hall–Kier alpha value is -0.100. The first-order chi connectivity index (χ1) is 7.63. The molecule has 92 valence electrons. The summed E-state index contributed by atoms with van der Waals surface area (Å²) < 4.78 is 7.31. The van der Waals surface area contributed by atoms with Crippen LogP contribution in [0.4, 0.5) is 0 Å². The Morgan fingerprint density at radius 2 is 1.56 bits per heavy atom. The van der Waals surface area contributed by atoms with Crippen LogP contribution in [-0.4, -0.2) is 19.7 Å². The van der Waals surface area contributed by atoms with Crippen LogP contribution in [0.2, 0.25) is 0 Å². The molecule has 0 amide bonds. The lowest BCUT2D eigenvalue weighted by atomic mass is 10.3. The van der Waals surface area contributed by atoms with Gasteiger partial charge in [-0.25, -0.2) is 0 Å². The first-order valence-corrected chi connectivity index (χ1v) is 6.71. The van der Waals surface area contributed by atoms with Crippen LogP contribution in [0.25, 0.3) is 0 Å². The molecule has 0 spiro atoms. The summed E-state index contributed by atoms with van der Waals surface area (Å²) in [5.41, 5.74) is 10.3. The molecule has 0 saturated carbocycles. The Balaban J connectivity index is 0.000000487. The molecule has 0 aliphatic carbocycles. The largest absolute Gasteiger partial charge is 0.492 e. The maximum Gasteiger partial charge on any atom is 0.121 e. The van der Waals surface area contributed by atoms with E-state index in [0.717, 1.165) is 27.7 Å². The summed E-state index contributed by atoms with van der Waals surface area (Å²) in [4.78, 5) is 0. The highest BCUT2D eigenvalue weighted by Gasteiger charge is 1.97. The van der Waals surface area contributed by atoms with Gasteiger partial charge in [0.05, 0.1) is 0 Å². The molecule has 0 atom stereocenters. The van der Waals surface area contributed by atoms with Gasteiger partial charge < -0.3 is 16.2 Å². The van der Waals surface area contributed by atoms with Gasteiger partial charge in [0.15, 0.2) is 0 Å². The third-order valence-electron chi connectivity index (χ3n) is 1.51. The lowest BCUT2D eigenvalue weighted by Crippen LogP contribution is -2.10. The van der Waals surface area contributed by atoms with Gasteiger partial charge in [-0.1, -0.05) is 38.8 Å². The van der Waals surface area contributed by atoms with Crippen molar-refractivity contribution in [1.82, 2.24) is 0 Å². The first kappa shape index (κ1) is 15.9. The zero-order valence-corrected chi connectivity index (χ0v) is 12.6. The normalized spacial score (nSPS) is 9.31. The van der Waals surface area contributed by atoms with Gasteiger partial charge in [0.25, 0.3) is 0 Å². The molecule has 0 heterocycles. The van der Waals surface area contributed by atoms with E-state index in [1.807, 2.05) is 18.2 Å². The average Bonchev–Trinajstić information content (AvgIpc) is 2.25. The number of ether oxygens (including phenoxy) is 1. The second-order valence-corrected chi connectivity index (χ2v) is 4.86. The fraction of sp³-hybridized carbons (Fsp3) is 0.455. The third-order valence-corrected chi connectivity index (χ3v) is 2.43. The Morgan fingerprint density at radius 1 is 1.06 bits per heavy atom. The summed E-state index contributed by atoms with van der Waals surface area (Å²) in [6.45, 7) is 3.95. The van der Waals surface area contributed by atoms with E-state index >= 15 is 0 Å². The quantitative estimate of drug-likeness (QED) is 0.874. The van der Waals surface area contributed by atoms with Crippen LogP contribution in [-0.2, 0) is 0 Å². The van der Waals surface area contributed by atoms with Crippen LogP contribution < -0.4 is 16.2 Å². The highest BCUT2D eigenvalue weighted by molar-refractivity contribution is 9.11. The highest BCUT2D eigenvalue weighted by Crippen LogP contribution is 2.24. The molecule has 16 heavy (non-hydrogen) atoms. The predicted octanol–water partition coefficient (Wildman–Crippen LogP) is 2.90. The Labute approximate surface area is 114 Å². The fourth-order valence-corrected chi connectivity index (χ4v) is 2.04. The van der Waals surface area contributed by atoms with Crippen molar-refractivity contribution in [3.05, 3.63) is 27.1 Å². The van der Waals surface area contributed by atoms with Crippen LogP contribution in [0.15, 0.2) is 27.1 Å². The van der Waals surface area contributed by atoms with E-state index in [2.05, 4.69) is 38.8 Å². The summed E-state index contributed by atoms with van der Waals surface area (Å²) >= 11 is 6.73. The van der Waals surface area contributed by atoms with Crippen LogP contribution in [0.1, 0.15) is 13.3 Å². The number of hydrogen-bond donors (Lipinski definition) is 2. The van der Waals surface area contributed by atoms with Crippen molar-refractivity contribution < 1.29 is 4.74 Å². The van der Waals surface area contributed by atoms with Gasteiger partial charge in [-0.3, -0.25) is 0 Å². The zero-order chi connectivity index (χ0) is 12.4. The topological polar surface area (TPSA) is 61.3 Å². The lowest BCUT2D eigenvalue weighted by molar-refractivity contribution is 0.328. The molecule has 5 heteroatoms. The van der Waals surface area contributed by atoms with Crippen LogP contribution >= 0.6 is 31.9 Å². The van der Waals surface area contributed by atoms with Crippen LogP contribution in [0.5, 0.6) is 5.75 Å². The Bertz CT molecular complexity index is 273. The molecule has 0 aromatic heterocycles. The molecular formula is C11H18Br2N2O. The van der Waals surface area contributed by atoms with Gasteiger partial charge in [0, 0.05) is 15.5 Å². The number of hydrogen-bond acceptors (Lipinski definition) is 3. The van der Waals surface area contributed by atoms with Crippen molar-refractivity contribution in [2.24, 2.45) is 11.5 Å². The second-order valence-electron chi connectivity index (χ2n) is 3.03. The van der Waals surface area contributed by atoms with E-state index in [1.165, 1.54) is 0 Å². The minimum absolute atomic E-state index is 0.532. The van der Waals surface area contributed by atoms with E-state index in [0.29, 0.717) is 13.2 Å². The molecule has 0 bridgehead atoms. The van der Waals surface area contributed by atoms with Crippen molar-refractivity contribution in [3.8, 4) is 5.75 Å². The summed E-state index contributed by atoms with van der Waals surface area (Å²) in [5, 5.41) is 0. The zero-order valence-electron chi connectivity index (χ0n) is 9.38. The summed E-state index contributed by atoms with van der Waals surface area (Å²) in [7, 11) is 0. The molecule has 0 radical (unpaired) electrons. The molecule has 3 nitrogen and oxygen atoms in total. The standard InChI is InChI=1S/C8H9Br2NO.C3H9N/c9-6-3-7(10)5-8(4-6)12-2-1-11;1-2-3-4/h3-5H,1-2,11H2;2-4H2,1H3. The molecule has 0 saturated heterocycles. The van der Waals surface area contributed by atoms with E-state index in [4.69, 9.17) is 16.2 Å². The van der Waals surface area contributed by atoms with Gasteiger partial charge in [-0.15, -0.1) is 0 Å². The third kappa shape index (κ3) is 8.10. The predicted molar refractivity (Wildman–Crippen MR) is 75.7 cm³/mol. The molecule has 1 rings (SSSR count). The molecule has 0 unspecified atom stereocenters. The molecule has 1 aromatic carbocycles. The summed E-state index contributed by atoms with van der Waals surface area (Å²) in [5.74, 6) is 0.821. The summed E-state index contributed by atoms with van der Waals surface area (Å²) in [6, 6.07) is 5.76. The van der Waals surface area contributed by atoms with Crippen molar-refractivity contribution >= 4 is 31.9 Å². The smallest absolute Gasteiger partial charge is 0.121 e. The number of nitrogens with two attached hydrogens (primary N) is 2. The van der Waals surface area contributed by atoms with Crippen molar-refractivity contribution in [1.29, 1.82) is 0 Å². The maximum atomic E-state index is 5.33. The van der Waals surface area contributed by atoms with Crippen LogP contribution in [0, 0.1) is 0 Å². The van der Waals surface area contributed by atoms with Gasteiger partial charge in [0.2, 0.25) is 0 Å². The van der Waals surface area contributed by atoms with E-state index < -0.39 is 0 Å². The average molecular weight is 354 g/mol. The minimum atomic E-state index is 0.532.